The Morgan fingerprint density at radius 1 is 1.29 bits per heavy atom. The Labute approximate surface area is 107 Å². The summed E-state index contributed by atoms with van der Waals surface area (Å²) in [6.45, 7) is 11.8. The van der Waals surface area contributed by atoms with Gasteiger partial charge in [0.05, 0.1) is 0 Å². The Kier molecular flexibility index (Phi) is 7.09. The lowest BCUT2D eigenvalue weighted by Crippen LogP contribution is -2.48. The van der Waals surface area contributed by atoms with Gasteiger partial charge in [-0.2, -0.15) is 0 Å². The summed E-state index contributed by atoms with van der Waals surface area (Å²) >= 11 is 0. The van der Waals surface area contributed by atoms with Crippen molar-refractivity contribution in [3.63, 3.8) is 0 Å². The lowest BCUT2D eigenvalue weighted by molar-refractivity contribution is 0.0253. The van der Waals surface area contributed by atoms with E-state index >= 15 is 0 Å². The number of hydrogen-bond acceptors (Lipinski definition) is 3. The number of nitrogens with two attached hydrogens (primary N) is 1. The van der Waals surface area contributed by atoms with Crippen LogP contribution in [0.5, 0.6) is 0 Å². The van der Waals surface area contributed by atoms with Crippen molar-refractivity contribution >= 4 is 0 Å². The molecular weight excluding hydrogens is 212 g/mol. The molecule has 2 unspecified atom stereocenters. The van der Waals surface area contributed by atoms with E-state index in [0.717, 1.165) is 38.1 Å². The van der Waals surface area contributed by atoms with Crippen molar-refractivity contribution in [1.29, 1.82) is 0 Å². The molecule has 17 heavy (non-hydrogen) atoms. The molecule has 0 saturated carbocycles. The third-order valence-corrected chi connectivity index (χ3v) is 4.17. The van der Waals surface area contributed by atoms with E-state index in [4.69, 9.17) is 10.5 Å². The number of hydrogen-bond donors (Lipinski definition) is 1. The molecule has 0 aromatic rings. The van der Waals surface area contributed by atoms with Crippen LogP contribution in [0.1, 0.15) is 40.0 Å². The fourth-order valence-corrected chi connectivity index (χ4v) is 2.77. The predicted octanol–water partition coefficient (Wildman–Crippen LogP) is 2.11. The average Bonchev–Trinajstić information content (AvgIpc) is 2.39. The van der Waals surface area contributed by atoms with Crippen LogP contribution in [-0.2, 0) is 4.74 Å². The van der Waals surface area contributed by atoms with Crippen molar-refractivity contribution in [3.8, 4) is 0 Å². The van der Waals surface area contributed by atoms with E-state index in [2.05, 4.69) is 25.7 Å². The minimum Gasteiger partial charge on any atom is -0.381 e. The van der Waals surface area contributed by atoms with Gasteiger partial charge in [-0.05, 0) is 31.2 Å². The second kappa shape index (κ2) is 8.06. The quantitative estimate of drug-likeness (QED) is 0.743. The first-order valence-corrected chi connectivity index (χ1v) is 7.24. The third kappa shape index (κ3) is 4.57. The molecule has 0 amide bonds. The first kappa shape index (κ1) is 14.9. The second-order valence-electron chi connectivity index (χ2n) is 5.35. The summed E-state index contributed by atoms with van der Waals surface area (Å²) in [5, 5.41) is 0. The zero-order chi connectivity index (χ0) is 12.7. The number of likely N-dealkylation sites (N-methyl/N-ethyl adjacent to an activating group) is 1. The lowest BCUT2D eigenvalue weighted by atomic mass is 9.90. The van der Waals surface area contributed by atoms with Gasteiger partial charge in [0.1, 0.15) is 0 Å². The highest BCUT2D eigenvalue weighted by atomic mass is 16.5. The Morgan fingerprint density at radius 3 is 2.41 bits per heavy atom. The summed E-state index contributed by atoms with van der Waals surface area (Å²) in [5.74, 6) is 1.50. The second-order valence-corrected chi connectivity index (χ2v) is 5.35. The summed E-state index contributed by atoms with van der Waals surface area (Å²) in [6, 6.07) is 0.554. The lowest BCUT2D eigenvalue weighted by Gasteiger charge is -2.38. The molecule has 2 N–H and O–H groups in total. The van der Waals surface area contributed by atoms with Crippen LogP contribution in [0.4, 0.5) is 0 Å². The molecule has 0 radical (unpaired) electrons. The molecule has 1 aliphatic rings. The molecule has 102 valence electrons. The molecule has 0 aromatic heterocycles. The summed E-state index contributed by atoms with van der Waals surface area (Å²) in [7, 11) is 0. The highest BCUT2D eigenvalue weighted by molar-refractivity contribution is 4.82. The molecule has 2 atom stereocenters. The van der Waals surface area contributed by atoms with Gasteiger partial charge in [-0.1, -0.05) is 27.2 Å². The van der Waals surface area contributed by atoms with Crippen molar-refractivity contribution in [2.75, 3.05) is 32.8 Å². The maximum Gasteiger partial charge on any atom is 0.0469 e. The Balaban J connectivity index is 2.54. The largest absolute Gasteiger partial charge is 0.381 e. The Morgan fingerprint density at radius 2 is 1.94 bits per heavy atom. The minimum absolute atomic E-state index is 0.554. The van der Waals surface area contributed by atoms with E-state index in [1.807, 2.05) is 0 Å². The minimum atomic E-state index is 0.554. The first-order chi connectivity index (χ1) is 8.22. The van der Waals surface area contributed by atoms with Gasteiger partial charge in [-0.3, -0.25) is 4.90 Å². The molecule has 0 bridgehead atoms. The van der Waals surface area contributed by atoms with Crippen LogP contribution >= 0.6 is 0 Å². The van der Waals surface area contributed by atoms with E-state index in [1.165, 1.54) is 25.8 Å². The molecule has 1 aliphatic heterocycles. The maximum atomic E-state index is 6.01. The molecule has 0 spiro atoms. The molecule has 3 nitrogen and oxygen atoms in total. The molecular formula is C14H30N2O. The fourth-order valence-electron chi connectivity index (χ4n) is 2.77. The van der Waals surface area contributed by atoms with Crippen LogP contribution in [0.25, 0.3) is 0 Å². The van der Waals surface area contributed by atoms with E-state index in [-0.39, 0.29) is 0 Å². The van der Waals surface area contributed by atoms with Crippen LogP contribution in [0.2, 0.25) is 0 Å². The molecule has 1 heterocycles. The van der Waals surface area contributed by atoms with Crippen LogP contribution in [-0.4, -0.2) is 43.8 Å². The van der Waals surface area contributed by atoms with Gasteiger partial charge in [0, 0.05) is 32.3 Å². The van der Waals surface area contributed by atoms with Crippen LogP contribution in [0.15, 0.2) is 0 Å². The Hall–Kier alpha value is -0.120. The number of rotatable bonds is 7. The molecule has 1 saturated heterocycles. The summed E-state index contributed by atoms with van der Waals surface area (Å²) in [6.07, 6.45) is 3.61. The van der Waals surface area contributed by atoms with E-state index in [0.29, 0.717) is 6.04 Å². The van der Waals surface area contributed by atoms with E-state index in [1.54, 1.807) is 0 Å². The topological polar surface area (TPSA) is 38.5 Å². The molecule has 0 aromatic carbocycles. The van der Waals surface area contributed by atoms with Crippen molar-refractivity contribution in [3.05, 3.63) is 0 Å². The standard InChI is InChI=1S/C14H30N2O/c1-4-12(3)11-16(5-2)14(10-15)13-6-8-17-9-7-13/h12-14H,4-11,15H2,1-3H3. The van der Waals surface area contributed by atoms with Crippen molar-refractivity contribution in [1.82, 2.24) is 4.90 Å². The fraction of sp³-hybridized carbons (Fsp3) is 1.00. The van der Waals surface area contributed by atoms with E-state index < -0.39 is 0 Å². The normalized spacial score (nSPS) is 21.7. The molecule has 1 fully saturated rings. The van der Waals surface area contributed by atoms with Gasteiger partial charge in [-0.15, -0.1) is 0 Å². The number of nitrogens with zero attached hydrogens (tertiary/aromatic N) is 1. The Bertz CT molecular complexity index is 193. The van der Waals surface area contributed by atoms with Gasteiger partial charge in [0.25, 0.3) is 0 Å². The monoisotopic (exact) mass is 242 g/mol. The first-order valence-electron chi connectivity index (χ1n) is 7.24. The maximum absolute atomic E-state index is 6.01. The van der Waals surface area contributed by atoms with Gasteiger partial charge in [-0.25, -0.2) is 0 Å². The summed E-state index contributed by atoms with van der Waals surface area (Å²) in [5.41, 5.74) is 6.01. The van der Waals surface area contributed by atoms with Crippen molar-refractivity contribution in [2.24, 2.45) is 17.6 Å². The molecule has 1 rings (SSSR count). The summed E-state index contributed by atoms with van der Waals surface area (Å²) < 4.78 is 5.45. The van der Waals surface area contributed by atoms with Crippen LogP contribution in [0, 0.1) is 11.8 Å². The predicted molar refractivity (Wildman–Crippen MR) is 73.1 cm³/mol. The summed E-state index contributed by atoms with van der Waals surface area (Å²) in [4.78, 5) is 2.59. The van der Waals surface area contributed by atoms with Gasteiger partial charge in [0.15, 0.2) is 0 Å². The SMILES string of the molecule is CCC(C)CN(CC)C(CN)C1CCOCC1. The van der Waals surface area contributed by atoms with Crippen molar-refractivity contribution < 1.29 is 4.74 Å². The number of ether oxygens (including phenoxy) is 1. The van der Waals surface area contributed by atoms with Crippen LogP contribution in [0.3, 0.4) is 0 Å². The highest BCUT2D eigenvalue weighted by Gasteiger charge is 2.27. The van der Waals surface area contributed by atoms with Gasteiger partial charge in [0.2, 0.25) is 0 Å². The van der Waals surface area contributed by atoms with Gasteiger partial charge < -0.3 is 10.5 Å². The average molecular weight is 242 g/mol. The van der Waals surface area contributed by atoms with E-state index in [9.17, 15) is 0 Å². The third-order valence-electron chi connectivity index (χ3n) is 4.17. The van der Waals surface area contributed by atoms with Crippen LogP contribution < -0.4 is 5.73 Å². The smallest absolute Gasteiger partial charge is 0.0469 e. The molecule has 0 aliphatic carbocycles. The van der Waals surface area contributed by atoms with Crippen molar-refractivity contribution in [2.45, 2.75) is 46.1 Å². The molecule has 3 heteroatoms. The highest BCUT2D eigenvalue weighted by Crippen LogP contribution is 2.23. The zero-order valence-electron chi connectivity index (χ0n) is 11.8. The zero-order valence-corrected chi connectivity index (χ0v) is 11.8. The van der Waals surface area contributed by atoms with Gasteiger partial charge >= 0.3 is 0 Å².